The van der Waals surface area contributed by atoms with E-state index in [1.54, 1.807) is 11.0 Å². The van der Waals surface area contributed by atoms with Crippen molar-refractivity contribution in [3.63, 3.8) is 0 Å². The fourth-order valence-corrected chi connectivity index (χ4v) is 4.17. The summed E-state index contributed by atoms with van der Waals surface area (Å²) in [7, 11) is 1.40. The quantitative estimate of drug-likeness (QED) is 0.508. The Morgan fingerprint density at radius 2 is 1.73 bits per heavy atom. The Labute approximate surface area is 171 Å². The summed E-state index contributed by atoms with van der Waals surface area (Å²) in [4.78, 5) is 18.3. The third kappa shape index (κ3) is 2.84. The third-order valence-corrected chi connectivity index (χ3v) is 5.57. The Balaban J connectivity index is 1.72. The van der Waals surface area contributed by atoms with E-state index in [0.29, 0.717) is 23.4 Å². The summed E-state index contributed by atoms with van der Waals surface area (Å²) >= 11 is 0. The molecule has 0 saturated heterocycles. The summed E-state index contributed by atoms with van der Waals surface area (Å²) in [6.45, 7) is 0.358. The van der Waals surface area contributed by atoms with Crippen LogP contribution in [0.4, 0.5) is 8.78 Å². The lowest BCUT2D eigenvalue weighted by molar-refractivity contribution is 0.0726. The van der Waals surface area contributed by atoms with E-state index < -0.39 is 17.7 Å². The first kappa shape index (κ1) is 18.4. The molecule has 0 saturated carbocycles. The highest BCUT2D eigenvalue weighted by molar-refractivity contribution is 5.99. The first-order valence-corrected chi connectivity index (χ1v) is 9.56. The molecule has 2 heterocycles. The molecule has 0 fully saturated rings. The van der Waals surface area contributed by atoms with Gasteiger partial charge in [0.15, 0.2) is 11.6 Å². The van der Waals surface area contributed by atoms with Crippen LogP contribution in [-0.4, -0.2) is 22.9 Å². The molecule has 0 aliphatic carbocycles. The summed E-state index contributed by atoms with van der Waals surface area (Å²) in [5, 5.41) is 0.961. The average molecular weight is 404 g/mol. The number of ether oxygens (including phenoxy) is 1. The molecule has 4 aromatic rings. The molecule has 30 heavy (non-hydrogen) atoms. The molecular formula is C24H18F2N2O2. The van der Waals surface area contributed by atoms with Crippen molar-refractivity contribution in [2.24, 2.45) is 0 Å². The zero-order valence-corrected chi connectivity index (χ0v) is 16.2. The number of methoxy groups -OCH3 is 1. The lowest BCUT2D eigenvalue weighted by Gasteiger charge is -2.29. The molecule has 6 heteroatoms. The zero-order chi connectivity index (χ0) is 20.8. The van der Waals surface area contributed by atoms with Crippen LogP contribution < -0.4 is 4.74 Å². The van der Waals surface area contributed by atoms with Crippen LogP contribution in [-0.2, 0) is 6.54 Å². The van der Waals surface area contributed by atoms with Gasteiger partial charge in [-0.05, 0) is 35.2 Å². The Kier molecular flexibility index (Phi) is 4.28. The van der Waals surface area contributed by atoms with Crippen LogP contribution in [0.3, 0.4) is 0 Å². The number of carbonyl (C=O) groups is 1. The molecular weight excluding hydrogens is 386 g/mol. The lowest BCUT2D eigenvalue weighted by Crippen LogP contribution is -2.30. The molecule has 4 nitrogen and oxygen atoms in total. The van der Waals surface area contributed by atoms with Crippen LogP contribution in [0.25, 0.3) is 10.9 Å². The number of nitrogens with one attached hydrogen (secondary N) is 1. The predicted octanol–water partition coefficient (Wildman–Crippen LogP) is 5.20. The van der Waals surface area contributed by atoms with Crippen molar-refractivity contribution in [1.29, 1.82) is 0 Å². The number of aromatic amines is 1. The number of nitrogens with zero attached hydrogens (tertiary/aromatic N) is 1. The highest BCUT2D eigenvalue weighted by atomic mass is 19.2. The van der Waals surface area contributed by atoms with E-state index in [9.17, 15) is 13.6 Å². The van der Waals surface area contributed by atoms with Crippen LogP contribution in [0.2, 0.25) is 0 Å². The van der Waals surface area contributed by atoms with Crippen LogP contribution in [0.1, 0.15) is 33.2 Å². The second-order valence-corrected chi connectivity index (χ2v) is 7.31. The fraction of sp³-hybridized carbons (Fsp3) is 0.125. The minimum atomic E-state index is -0.998. The summed E-state index contributed by atoms with van der Waals surface area (Å²) in [6.07, 6.45) is 0. The number of benzene rings is 3. The SMILES string of the molecule is COc1cc(F)c(F)cc1C(c1cc2ccccc2[nH]1)N1Cc2ccccc2C1=O. The smallest absolute Gasteiger partial charge is 0.255 e. The Morgan fingerprint density at radius 3 is 2.50 bits per heavy atom. The van der Waals surface area contributed by atoms with E-state index in [4.69, 9.17) is 4.74 Å². The van der Waals surface area contributed by atoms with Crippen LogP contribution >= 0.6 is 0 Å². The van der Waals surface area contributed by atoms with E-state index >= 15 is 0 Å². The maximum absolute atomic E-state index is 14.3. The summed E-state index contributed by atoms with van der Waals surface area (Å²) in [6, 6.07) is 18.5. The van der Waals surface area contributed by atoms with Gasteiger partial charge in [-0.15, -0.1) is 0 Å². The maximum Gasteiger partial charge on any atom is 0.255 e. The van der Waals surface area contributed by atoms with Gasteiger partial charge in [0.25, 0.3) is 5.91 Å². The van der Waals surface area contributed by atoms with Gasteiger partial charge in [0, 0.05) is 34.9 Å². The largest absolute Gasteiger partial charge is 0.496 e. The van der Waals surface area contributed by atoms with Crippen LogP contribution in [0.15, 0.2) is 66.7 Å². The van der Waals surface area contributed by atoms with Gasteiger partial charge in [-0.3, -0.25) is 4.79 Å². The van der Waals surface area contributed by atoms with Gasteiger partial charge in [0.1, 0.15) is 11.8 Å². The molecule has 1 unspecified atom stereocenters. The second kappa shape index (κ2) is 6.99. The number of fused-ring (bicyclic) bond motifs is 2. The van der Waals surface area contributed by atoms with Crippen LogP contribution in [0, 0.1) is 11.6 Å². The Morgan fingerprint density at radius 1 is 1.00 bits per heavy atom. The highest BCUT2D eigenvalue weighted by Gasteiger charge is 2.37. The molecule has 0 radical (unpaired) electrons. The van der Waals surface area contributed by atoms with Crippen molar-refractivity contribution in [3.05, 3.63) is 101 Å². The summed E-state index contributed by atoms with van der Waals surface area (Å²) < 4.78 is 33.6. The van der Waals surface area contributed by atoms with Gasteiger partial charge < -0.3 is 14.6 Å². The normalized spacial score (nSPS) is 14.2. The maximum atomic E-state index is 14.3. The van der Waals surface area contributed by atoms with Crippen molar-refractivity contribution in [1.82, 2.24) is 9.88 Å². The fourth-order valence-electron chi connectivity index (χ4n) is 4.17. The number of carbonyl (C=O) groups excluding carboxylic acids is 1. The number of rotatable bonds is 4. The average Bonchev–Trinajstić information content (AvgIpc) is 3.32. The molecule has 0 bridgehead atoms. The van der Waals surface area contributed by atoms with Crippen molar-refractivity contribution in [3.8, 4) is 5.75 Å². The topological polar surface area (TPSA) is 45.3 Å². The third-order valence-electron chi connectivity index (χ3n) is 5.57. The summed E-state index contributed by atoms with van der Waals surface area (Å²) in [5.41, 5.74) is 3.47. The van der Waals surface area contributed by atoms with E-state index in [0.717, 1.165) is 28.6 Å². The number of H-pyrrole nitrogens is 1. The zero-order valence-electron chi connectivity index (χ0n) is 16.2. The number of aromatic nitrogens is 1. The first-order valence-electron chi connectivity index (χ1n) is 9.56. The number of hydrogen-bond acceptors (Lipinski definition) is 2. The van der Waals surface area contributed by atoms with E-state index in [1.165, 1.54) is 7.11 Å². The van der Waals surface area contributed by atoms with Crippen molar-refractivity contribution < 1.29 is 18.3 Å². The molecule has 3 aromatic carbocycles. The van der Waals surface area contributed by atoms with Gasteiger partial charge in [-0.1, -0.05) is 36.4 Å². The minimum Gasteiger partial charge on any atom is -0.496 e. The molecule has 1 aliphatic rings. The summed E-state index contributed by atoms with van der Waals surface area (Å²) in [5.74, 6) is -1.97. The number of para-hydroxylation sites is 1. The lowest BCUT2D eigenvalue weighted by atomic mass is 10.00. The minimum absolute atomic E-state index is 0.166. The van der Waals surface area contributed by atoms with E-state index in [2.05, 4.69) is 4.98 Å². The van der Waals surface area contributed by atoms with Crippen LogP contribution in [0.5, 0.6) is 5.75 Å². The van der Waals surface area contributed by atoms with Crippen molar-refractivity contribution >= 4 is 16.8 Å². The number of halogens is 2. The van der Waals surface area contributed by atoms with Crippen molar-refractivity contribution in [2.75, 3.05) is 7.11 Å². The monoisotopic (exact) mass is 404 g/mol. The standard InChI is InChI=1S/C24H18F2N2O2/c1-30-22-12-19(26)18(25)11-17(22)23(21-10-14-6-3-5-9-20(14)27-21)28-13-15-7-2-4-8-16(15)24(28)29/h2-12,23,27H,13H2,1H3. The van der Waals surface area contributed by atoms with Gasteiger partial charge in [0.05, 0.1) is 7.11 Å². The van der Waals surface area contributed by atoms with Crippen molar-refractivity contribution in [2.45, 2.75) is 12.6 Å². The Hall–Kier alpha value is -3.67. The first-order chi connectivity index (χ1) is 14.6. The molecule has 1 N–H and O–H groups in total. The second-order valence-electron chi connectivity index (χ2n) is 7.31. The van der Waals surface area contributed by atoms with Gasteiger partial charge in [-0.2, -0.15) is 0 Å². The van der Waals surface area contributed by atoms with Gasteiger partial charge >= 0.3 is 0 Å². The number of hydrogen-bond donors (Lipinski definition) is 1. The number of amides is 1. The highest BCUT2D eigenvalue weighted by Crippen LogP contribution is 2.40. The predicted molar refractivity (Wildman–Crippen MR) is 109 cm³/mol. The molecule has 0 spiro atoms. The molecule has 1 atom stereocenters. The molecule has 1 aliphatic heterocycles. The van der Waals surface area contributed by atoms with E-state index in [-0.39, 0.29) is 11.7 Å². The molecule has 1 amide bonds. The van der Waals surface area contributed by atoms with E-state index in [1.807, 2.05) is 48.5 Å². The molecule has 150 valence electrons. The molecule has 1 aromatic heterocycles. The Bertz CT molecular complexity index is 1250. The van der Waals surface area contributed by atoms with Gasteiger partial charge in [0.2, 0.25) is 0 Å². The van der Waals surface area contributed by atoms with Gasteiger partial charge in [-0.25, -0.2) is 8.78 Å². The molecule has 5 rings (SSSR count).